The van der Waals surface area contributed by atoms with Crippen molar-refractivity contribution in [3.8, 4) is 5.75 Å². The van der Waals surface area contributed by atoms with Gasteiger partial charge in [-0.05, 0) is 37.6 Å². The second-order valence-corrected chi connectivity index (χ2v) is 4.56. The van der Waals surface area contributed by atoms with Crippen molar-refractivity contribution < 1.29 is 19.1 Å². The summed E-state index contributed by atoms with van der Waals surface area (Å²) in [6.45, 7) is 4.00. The predicted octanol–water partition coefficient (Wildman–Crippen LogP) is 2.16. The fourth-order valence-electron chi connectivity index (χ4n) is 1.78. The molecule has 5 heteroatoms. The minimum Gasteiger partial charge on any atom is -0.484 e. The van der Waals surface area contributed by atoms with Crippen molar-refractivity contribution in [3.63, 3.8) is 0 Å². The largest absolute Gasteiger partial charge is 0.484 e. The van der Waals surface area contributed by atoms with E-state index in [1.54, 1.807) is 24.3 Å². The molecule has 1 N–H and O–H groups in total. The first kappa shape index (κ1) is 16.0. The molecule has 0 saturated carbocycles. The molecule has 0 spiro atoms. The highest BCUT2D eigenvalue weighted by Crippen LogP contribution is 2.12. The normalized spacial score (nSPS) is 11.6. The second-order valence-electron chi connectivity index (χ2n) is 4.56. The minimum atomic E-state index is -0.400. The molecule has 0 aliphatic carbocycles. The Bertz CT molecular complexity index is 442. The Morgan fingerprint density at radius 2 is 1.90 bits per heavy atom. The average molecular weight is 279 g/mol. The molecule has 0 bridgehead atoms. The van der Waals surface area contributed by atoms with E-state index in [-0.39, 0.29) is 18.6 Å². The van der Waals surface area contributed by atoms with Crippen molar-refractivity contribution >= 4 is 11.9 Å². The summed E-state index contributed by atoms with van der Waals surface area (Å²) in [5.74, 6) is -0.0124. The van der Waals surface area contributed by atoms with Crippen LogP contribution in [0.4, 0.5) is 0 Å². The van der Waals surface area contributed by atoms with Crippen LogP contribution in [0.3, 0.4) is 0 Å². The molecule has 0 aromatic heterocycles. The van der Waals surface area contributed by atoms with Crippen molar-refractivity contribution in [2.24, 2.45) is 0 Å². The second kappa shape index (κ2) is 8.19. The highest BCUT2D eigenvalue weighted by Gasteiger charge is 2.08. The molecule has 0 fully saturated rings. The Hall–Kier alpha value is -2.04. The number of nitrogens with one attached hydrogen (secondary N) is 1. The maximum Gasteiger partial charge on any atom is 0.337 e. The third-order valence-electron chi connectivity index (χ3n) is 2.77. The Morgan fingerprint density at radius 3 is 2.45 bits per heavy atom. The van der Waals surface area contributed by atoms with Crippen molar-refractivity contribution in [1.29, 1.82) is 0 Å². The molecular weight excluding hydrogens is 258 g/mol. The zero-order chi connectivity index (χ0) is 15.0. The van der Waals surface area contributed by atoms with E-state index in [1.807, 2.05) is 6.92 Å². The number of esters is 1. The molecule has 20 heavy (non-hydrogen) atoms. The van der Waals surface area contributed by atoms with Crippen molar-refractivity contribution in [2.75, 3.05) is 13.7 Å². The summed E-state index contributed by atoms with van der Waals surface area (Å²) in [6.07, 6.45) is 1.97. The van der Waals surface area contributed by atoms with E-state index in [2.05, 4.69) is 17.0 Å². The molecule has 0 radical (unpaired) electrons. The molecule has 1 atom stereocenters. The molecule has 0 aliphatic heterocycles. The maximum atomic E-state index is 11.6. The monoisotopic (exact) mass is 279 g/mol. The first-order valence-electron chi connectivity index (χ1n) is 6.67. The minimum absolute atomic E-state index is 0.0361. The zero-order valence-electron chi connectivity index (χ0n) is 12.1. The molecule has 1 rings (SSSR count). The summed E-state index contributed by atoms with van der Waals surface area (Å²) in [7, 11) is 1.33. The highest BCUT2D eigenvalue weighted by atomic mass is 16.5. The number of carbonyl (C=O) groups is 2. The number of rotatable bonds is 7. The lowest BCUT2D eigenvalue weighted by Crippen LogP contribution is -2.35. The molecule has 1 aromatic rings. The van der Waals surface area contributed by atoms with Gasteiger partial charge in [0.15, 0.2) is 6.61 Å². The van der Waals surface area contributed by atoms with Crippen molar-refractivity contribution in [2.45, 2.75) is 32.7 Å². The Labute approximate surface area is 119 Å². The number of methoxy groups -OCH3 is 1. The molecule has 5 nitrogen and oxygen atoms in total. The van der Waals surface area contributed by atoms with Crippen LogP contribution in [-0.2, 0) is 9.53 Å². The van der Waals surface area contributed by atoms with Gasteiger partial charge < -0.3 is 14.8 Å². The number of benzene rings is 1. The smallest absolute Gasteiger partial charge is 0.337 e. The highest BCUT2D eigenvalue weighted by molar-refractivity contribution is 5.89. The van der Waals surface area contributed by atoms with Gasteiger partial charge >= 0.3 is 5.97 Å². The van der Waals surface area contributed by atoms with Crippen molar-refractivity contribution in [1.82, 2.24) is 5.32 Å². The number of hydrogen-bond donors (Lipinski definition) is 1. The first-order valence-corrected chi connectivity index (χ1v) is 6.67. The standard InChI is InChI=1S/C15H21NO4/c1-4-5-11(2)16-14(17)10-20-13-8-6-12(7-9-13)15(18)19-3/h6-9,11H,4-5,10H2,1-3H3,(H,16,17). The van der Waals surface area contributed by atoms with Gasteiger partial charge in [-0.15, -0.1) is 0 Å². The van der Waals surface area contributed by atoms with E-state index in [0.717, 1.165) is 12.8 Å². The van der Waals surface area contributed by atoms with Gasteiger partial charge in [0.05, 0.1) is 12.7 Å². The predicted molar refractivity (Wildman–Crippen MR) is 75.8 cm³/mol. The molecule has 1 amide bonds. The summed E-state index contributed by atoms with van der Waals surface area (Å²) in [4.78, 5) is 22.9. The Kier molecular flexibility index (Phi) is 6.56. The Morgan fingerprint density at radius 1 is 1.25 bits per heavy atom. The fourth-order valence-corrected chi connectivity index (χ4v) is 1.78. The molecule has 1 unspecified atom stereocenters. The van der Waals surface area contributed by atoms with Crippen molar-refractivity contribution in [3.05, 3.63) is 29.8 Å². The summed E-state index contributed by atoms with van der Waals surface area (Å²) < 4.78 is 9.95. The van der Waals surface area contributed by atoms with Gasteiger partial charge in [-0.2, -0.15) is 0 Å². The van der Waals surface area contributed by atoms with Crippen LogP contribution in [0.2, 0.25) is 0 Å². The van der Waals surface area contributed by atoms with Gasteiger partial charge in [-0.1, -0.05) is 13.3 Å². The summed E-state index contributed by atoms with van der Waals surface area (Å²) in [6, 6.07) is 6.61. The molecule has 0 heterocycles. The van der Waals surface area contributed by atoms with Crippen LogP contribution in [-0.4, -0.2) is 31.6 Å². The van der Waals surface area contributed by atoms with Gasteiger partial charge in [0.25, 0.3) is 5.91 Å². The quantitative estimate of drug-likeness (QED) is 0.777. The number of ether oxygens (including phenoxy) is 2. The van der Waals surface area contributed by atoms with Crippen LogP contribution in [0.25, 0.3) is 0 Å². The van der Waals surface area contributed by atoms with E-state index >= 15 is 0 Å². The van der Waals surface area contributed by atoms with E-state index in [1.165, 1.54) is 7.11 Å². The molecule has 1 aromatic carbocycles. The number of carbonyl (C=O) groups excluding carboxylic acids is 2. The lowest BCUT2D eigenvalue weighted by Gasteiger charge is -2.13. The third-order valence-corrected chi connectivity index (χ3v) is 2.77. The van der Waals surface area contributed by atoms with Gasteiger partial charge in [-0.25, -0.2) is 4.79 Å². The van der Waals surface area contributed by atoms with E-state index in [4.69, 9.17) is 4.74 Å². The molecule has 0 aliphatic rings. The molecule has 110 valence electrons. The SMILES string of the molecule is CCCC(C)NC(=O)COc1ccc(C(=O)OC)cc1. The van der Waals surface area contributed by atoms with Crippen LogP contribution in [0.15, 0.2) is 24.3 Å². The van der Waals surface area contributed by atoms with Gasteiger partial charge in [0.1, 0.15) is 5.75 Å². The summed E-state index contributed by atoms with van der Waals surface area (Å²) >= 11 is 0. The average Bonchev–Trinajstić information content (AvgIpc) is 2.45. The summed E-state index contributed by atoms with van der Waals surface area (Å²) in [5.41, 5.74) is 0.445. The zero-order valence-corrected chi connectivity index (χ0v) is 12.1. The maximum absolute atomic E-state index is 11.6. The fraction of sp³-hybridized carbons (Fsp3) is 0.467. The third kappa shape index (κ3) is 5.30. The molecule has 0 saturated heterocycles. The first-order chi connectivity index (χ1) is 9.56. The van der Waals surface area contributed by atoms with Crippen LogP contribution in [0.1, 0.15) is 37.0 Å². The van der Waals surface area contributed by atoms with Gasteiger partial charge in [0, 0.05) is 6.04 Å². The number of hydrogen-bond acceptors (Lipinski definition) is 4. The topological polar surface area (TPSA) is 64.6 Å². The van der Waals surface area contributed by atoms with E-state index < -0.39 is 5.97 Å². The van der Waals surface area contributed by atoms with Gasteiger partial charge in [0.2, 0.25) is 0 Å². The summed E-state index contributed by atoms with van der Waals surface area (Å²) in [5, 5.41) is 2.85. The van der Waals surface area contributed by atoms with E-state index in [0.29, 0.717) is 11.3 Å². The van der Waals surface area contributed by atoms with Gasteiger partial charge in [-0.3, -0.25) is 4.79 Å². The lowest BCUT2D eigenvalue weighted by molar-refractivity contribution is -0.123. The lowest BCUT2D eigenvalue weighted by atomic mass is 10.2. The van der Waals surface area contributed by atoms with Crippen LogP contribution < -0.4 is 10.1 Å². The van der Waals surface area contributed by atoms with Crippen LogP contribution >= 0.6 is 0 Å². The van der Waals surface area contributed by atoms with Crippen LogP contribution in [0, 0.1) is 0 Å². The van der Waals surface area contributed by atoms with E-state index in [9.17, 15) is 9.59 Å². The van der Waals surface area contributed by atoms with Crippen LogP contribution in [0.5, 0.6) is 5.75 Å². The molecular formula is C15H21NO4. The number of amides is 1. The Balaban J connectivity index is 2.42.